The van der Waals surface area contributed by atoms with Crippen LogP contribution in [-0.2, 0) is 26.0 Å². The third kappa shape index (κ3) is 4.11. The molecule has 2 aromatic rings. The number of nitrogens with zero attached hydrogens (tertiary/aromatic N) is 1. The van der Waals surface area contributed by atoms with E-state index >= 15 is 0 Å². The Labute approximate surface area is 158 Å². The van der Waals surface area contributed by atoms with E-state index in [0.717, 1.165) is 17.7 Å². The molecule has 2 aromatic carbocycles. The number of carbonyl (C=O) groups is 2. The Hall–Kier alpha value is -2.87. The van der Waals surface area contributed by atoms with Gasteiger partial charge in [0.2, 0.25) is 11.8 Å². The van der Waals surface area contributed by atoms with Crippen LogP contribution in [0.4, 0.5) is 17.1 Å². The highest BCUT2D eigenvalue weighted by Crippen LogP contribution is 2.30. The van der Waals surface area contributed by atoms with Crippen LogP contribution in [0.25, 0.3) is 0 Å². The van der Waals surface area contributed by atoms with Crippen molar-refractivity contribution in [3.05, 3.63) is 48.0 Å². The van der Waals surface area contributed by atoms with Gasteiger partial charge in [0.1, 0.15) is 0 Å². The van der Waals surface area contributed by atoms with Crippen LogP contribution in [0.3, 0.4) is 0 Å². The number of sulfonamides is 1. The molecule has 2 N–H and O–H groups in total. The Bertz CT molecular complexity index is 985. The molecular formula is C19H21N3O4S. The maximum atomic E-state index is 12.6. The van der Waals surface area contributed by atoms with E-state index < -0.39 is 10.0 Å². The fourth-order valence-electron chi connectivity index (χ4n) is 2.92. The fourth-order valence-corrected chi connectivity index (χ4v) is 3.97. The summed E-state index contributed by atoms with van der Waals surface area (Å²) in [5, 5.41) is 2.72. The van der Waals surface area contributed by atoms with E-state index in [0.29, 0.717) is 17.8 Å². The average molecular weight is 387 g/mol. The highest BCUT2D eigenvalue weighted by atomic mass is 32.2. The van der Waals surface area contributed by atoms with Crippen molar-refractivity contribution in [2.24, 2.45) is 0 Å². The fraction of sp³-hybridized carbons (Fsp3) is 0.263. The number of nitrogens with one attached hydrogen (secondary N) is 2. The molecule has 0 saturated heterocycles. The minimum absolute atomic E-state index is 0.0225. The molecule has 0 spiro atoms. The van der Waals surface area contributed by atoms with E-state index in [1.54, 1.807) is 42.3 Å². The van der Waals surface area contributed by atoms with Gasteiger partial charge in [0.05, 0.1) is 11.3 Å². The van der Waals surface area contributed by atoms with Gasteiger partial charge in [-0.1, -0.05) is 6.92 Å². The summed E-state index contributed by atoms with van der Waals surface area (Å²) in [7, 11) is -2.08. The molecule has 2 amide bonds. The molecule has 0 aliphatic carbocycles. The summed E-state index contributed by atoms with van der Waals surface area (Å²) in [6.45, 7) is 1.91. The maximum absolute atomic E-state index is 12.6. The number of anilines is 3. The zero-order chi connectivity index (χ0) is 19.6. The summed E-state index contributed by atoms with van der Waals surface area (Å²) < 4.78 is 27.7. The van der Waals surface area contributed by atoms with Crippen LogP contribution >= 0.6 is 0 Å². The molecule has 3 rings (SSSR count). The normalized spacial score (nSPS) is 13.4. The van der Waals surface area contributed by atoms with Gasteiger partial charge in [0.25, 0.3) is 10.0 Å². The van der Waals surface area contributed by atoms with Crippen LogP contribution in [0, 0.1) is 0 Å². The van der Waals surface area contributed by atoms with Gasteiger partial charge >= 0.3 is 0 Å². The van der Waals surface area contributed by atoms with Crippen molar-refractivity contribution < 1.29 is 18.0 Å². The van der Waals surface area contributed by atoms with Gasteiger partial charge in [0.15, 0.2) is 0 Å². The van der Waals surface area contributed by atoms with Crippen molar-refractivity contribution in [1.82, 2.24) is 0 Å². The molecule has 0 unspecified atom stereocenters. The number of hydrogen-bond acceptors (Lipinski definition) is 4. The van der Waals surface area contributed by atoms with Crippen molar-refractivity contribution in [2.75, 3.05) is 22.0 Å². The maximum Gasteiger partial charge on any atom is 0.261 e. The van der Waals surface area contributed by atoms with Crippen molar-refractivity contribution >= 4 is 38.9 Å². The molecule has 0 saturated carbocycles. The second-order valence-electron chi connectivity index (χ2n) is 6.40. The minimum atomic E-state index is -3.77. The molecule has 0 radical (unpaired) electrons. The van der Waals surface area contributed by atoms with Gasteiger partial charge in [-0.15, -0.1) is 0 Å². The molecule has 0 aromatic heterocycles. The Morgan fingerprint density at radius 1 is 1.11 bits per heavy atom. The first-order chi connectivity index (χ1) is 12.8. The van der Waals surface area contributed by atoms with Crippen molar-refractivity contribution in [2.45, 2.75) is 31.1 Å². The number of benzene rings is 2. The monoisotopic (exact) mass is 387 g/mol. The van der Waals surface area contributed by atoms with Gasteiger partial charge in [0, 0.05) is 30.5 Å². The molecule has 1 heterocycles. The smallest absolute Gasteiger partial charge is 0.261 e. The number of hydrogen-bond donors (Lipinski definition) is 2. The zero-order valence-electron chi connectivity index (χ0n) is 15.2. The van der Waals surface area contributed by atoms with E-state index in [1.807, 2.05) is 6.92 Å². The summed E-state index contributed by atoms with van der Waals surface area (Å²) >= 11 is 0. The molecule has 0 fully saturated rings. The Morgan fingerprint density at radius 3 is 2.44 bits per heavy atom. The van der Waals surface area contributed by atoms with Gasteiger partial charge in [-0.05, 0) is 54.4 Å². The summed E-state index contributed by atoms with van der Waals surface area (Å²) in [5.41, 5.74) is 2.52. The SMILES string of the molecule is CCCC(=O)Nc1ccc(S(=O)(=O)Nc2ccc3c(c2)CC(=O)N3C)cc1. The average Bonchev–Trinajstić information content (AvgIpc) is 2.89. The van der Waals surface area contributed by atoms with Crippen LogP contribution in [0.5, 0.6) is 0 Å². The van der Waals surface area contributed by atoms with Gasteiger partial charge < -0.3 is 10.2 Å². The first-order valence-electron chi connectivity index (χ1n) is 8.62. The van der Waals surface area contributed by atoms with E-state index in [4.69, 9.17) is 0 Å². The quantitative estimate of drug-likeness (QED) is 0.797. The number of amides is 2. The summed E-state index contributed by atoms with van der Waals surface area (Å²) in [6.07, 6.45) is 1.41. The molecule has 0 atom stereocenters. The summed E-state index contributed by atoms with van der Waals surface area (Å²) in [4.78, 5) is 25.0. The molecule has 7 nitrogen and oxygen atoms in total. The summed E-state index contributed by atoms with van der Waals surface area (Å²) in [5.74, 6) is -0.130. The number of rotatable bonds is 6. The van der Waals surface area contributed by atoms with E-state index in [-0.39, 0.29) is 23.1 Å². The lowest BCUT2D eigenvalue weighted by atomic mass is 10.1. The third-order valence-electron chi connectivity index (χ3n) is 4.33. The molecule has 1 aliphatic rings. The largest absolute Gasteiger partial charge is 0.326 e. The predicted molar refractivity (Wildman–Crippen MR) is 104 cm³/mol. The van der Waals surface area contributed by atoms with Gasteiger partial charge in [-0.2, -0.15) is 0 Å². The Morgan fingerprint density at radius 2 is 1.78 bits per heavy atom. The van der Waals surface area contributed by atoms with Crippen molar-refractivity contribution in [1.29, 1.82) is 0 Å². The second-order valence-corrected chi connectivity index (χ2v) is 8.08. The number of likely N-dealkylation sites (N-methyl/N-ethyl adjacent to an activating group) is 1. The Balaban J connectivity index is 1.75. The second kappa shape index (κ2) is 7.40. The van der Waals surface area contributed by atoms with Crippen molar-refractivity contribution in [3.63, 3.8) is 0 Å². The molecule has 27 heavy (non-hydrogen) atoms. The van der Waals surface area contributed by atoms with Crippen LogP contribution in [-0.4, -0.2) is 27.3 Å². The number of fused-ring (bicyclic) bond motifs is 1. The van der Waals surface area contributed by atoms with E-state index in [2.05, 4.69) is 10.0 Å². The van der Waals surface area contributed by atoms with Gasteiger partial charge in [-0.3, -0.25) is 14.3 Å². The number of carbonyl (C=O) groups excluding carboxylic acids is 2. The molecule has 142 valence electrons. The zero-order valence-corrected chi connectivity index (χ0v) is 16.0. The van der Waals surface area contributed by atoms with Crippen LogP contribution in [0.1, 0.15) is 25.3 Å². The third-order valence-corrected chi connectivity index (χ3v) is 5.73. The first kappa shape index (κ1) is 18.9. The lowest BCUT2D eigenvalue weighted by molar-refractivity contribution is -0.117. The lowest BCUT2D eigenvalue weighted by Gasteiger charge is -2.12. The molecule has 8 heteroatoms. The highest BCUT2D eigenvalue weighted by molar-refractivity contribution is 7.92. The first-order valence-corrected chi connectivity index (χ1v) is 10.1. The van der Waals surface area contributed by atoms with E-state index in [9.17, 15) is 18.0 Å². The van der Waals surface area contributed by atoms with E-state index in [1.165, 1.54) is 12.1 Å². The van der Waals surface area contributed by atoms with Crippen molar-refractivity contribution in [3.8, 4) is 0 Å². The Kier molecular flexibility index (Phi) is 5.18. The standard InChI is InChI=1S/C19H21N3O4S/c1-3-4-18(23)20-14-5-8-16(9-6-14)27(25,26)21-15-7-10-17-13(11-15)12-19(24)22(17)2/h5-11,21H,3-4,12H2,1-2H3,(H,20,23). The molecule has 1 aliphatic heterocycles. The predicted octanol–water partition coefficient (Wildman–Crippen LogP) is 2.74. The van der Waals surface area contributed by atoms with Crippen LogP contribution < -0.4 is 14.9 Å². The summed E-state index contributed by atoms with van der Waals surface area (Å²) in [6, 6.07) is 11.0. The molecular weight excluding hydrogens is 366 g/mol. The molecule has 0 bridgehead atoms. The van der Waals surface area contributed by atoms with Crippen LogP contribution in [0.2, 0.25) is 0 Å². The highest BCUT2D eigenvalue weighted by Gasteiger charge is 2.24. The lowest BCUT2D eigenvalue weighted by Crippen LogP contribution is -2.20. The minimum Gasteiger partial charge on any atom is -0.326 e. The van der Waals surface area contributed by atoms with Crippen LogP contribution in [0.15, 0.2) is 47.4 Å². The van der Waals surface area contributed by atoms with Gasteiger partial charge in [-0.25, -0.2) is 8.42 Å². The topological polar surface area (TPSA) is 95.6 Å².